The Kier molecular flexibility index (Phi) is 4.88. The summed E-state index contributed by atoms with van der Waals surface area (Å²) in [7, 11) is 0. The molecule has 2 aliphatic heterocycles. The number of rotatable bonds is 3. The number of hydrogen-bond donors (Lipinski definition) is 0. The van der Waals surface area contributed by atoms with E-state index in [1.807, 2.05) is 17.0 Å². The van der Waals surface area contributed by atoms with Gasteiger partial charge in [-0.2, -0.15) is 0 Å². The Morgan fingerprint density at radius 1 is 0.875 bits per heavy atom. The van der Waals surface area contributed by atoms with Gasteiger partial charge >= 0.3 is 0 Å². The highest BCUT2D eigenvalue weighted by Crippen LogP contribution is 2.35. The van der Waals surface area contributed by atoms with E-state index in [2.05, 4.69) is 17.0 Å². The van der Waals surface area contributed by atoms with Gasteiger partial charge in [-0.05, 0) is 68.7 Å². The van der Waals surface area contributed by atoms with E-state index in [1.165, 1.54) is 50.6 Å². The molecule has 3 fully saturated rings. The van der Waals surface area contributed by atoms with Gasteiger partial charge in [0.05, 0.1) is 0 Å². The summed E-state index contributed by atoms with van der Waals surface area (Å²) >= 11 is 0. The van der Waals surface area contributed by atoms with E-state index in [0.29, 0.717) is 0 Å². The van der Waals surface area contributed by atoms with E-state index < -0.39 is 0 Å². The van der Waals surface area contributed by atoms with Crippen molar-refractivity contribution in [3.05, 3.63) is 35.4 Å². The van der Waals surface area contributed by atoms with Crippen LogP contribution in [0.4, 0.5) is 0 Å². The van der Waals surface area contributed by atoms with Crippen LogP contribution in [0.2, 0.25) is 0 Å². The first-order valence-corrected chi connectivity index (χ1v) is 9.93. The van der Waals surface area contributed by atoms with Gasteiger partial charge in [-0.1, -0.05) is 25.0 Å². The van der Waals surface area contributed by atoms with E-state index in [-0.39, 0.29) is 5.91 Å². The lowest BCUT2D eigenvalue weighted by atomic mass is 9.78. The summed E-state index contributed by atoms with van der Waals surface area (Å²) < 4.78 is 0. The highest BCUT2D eigenvalue weighted by molar-refractivity contribution is 5.94. The normalized spacial score (nSPS) is 27.9. The number of carbonyl (C=O) groups excluding carboxylic acids is 1. The average molecular weight is 326 g/mol. The molecule has 0 N–H and O–H groups in total. The van der Waals surface area contributed by atoms with Gasteiger partial charge in [0.15, 0.2) is 0 Å². The molecular formula is C21H30N2O. The summed E-state index contributed by atoms with van der Waals surface area (Å²) in [5, 5.41) is 0. The summed E-state index contributed by atoms with van der Waals surface area (Å²) in [5.74, 6) is 1.15. The largest absolute Gasteiger partial charge is 0.339 e. The minimum atomic E-state index is 0.212. The Hall–Kier alpha value is -1.35. The topological polar surface area (TPSA) is 23.6 Å². The molecule has 3 heteroatoms. The fourth-order valence-corrected chi connectivity index (χ4v) is 5.01. The van der Waals surface area contributed by atoms with Crippen molar-refractivity contribution in [3.8, 4) is 0 Å². The van der Waals surface area contributed by atoms with Crippen LogP contribution in [0.25, 0.3) is 0 Å². The molecule has 0 aromatic heterocycles. The summed E-state index contributed by atoms with van der Waals surface area (Å²) in [6.07, 6.45) is 10.8. The quantitative estimate of drug-likeness (QED) is 0.836. The minimum absolute atomic E-state index is 0.212. The smallest absolute Gasteiger partial charge is 0.253 e. The van der Waals surface area contributed by atoms with Gasteiger partial charge in [0.1, 0.15) is 0 Å². The lowest BCUT2D eigenvalue weighted by Gasteiger charge is -2.44. The lowest BCUT2D eigenvalue weighted by Crippen LogP contribution is -2.46. The zero-order valence-electron chi connectivity index (χ0n) is 14.8. The summed E-state index contributed by atoms with van der Waals surface area (Å²) in [6, 6.07) is 9.24. The second-order valence-corrected chi connectivity index (χ2v) is 7.92. The molecule has 1 amide bonds. The zero-order valence-corrected chi connectivity index (χ0v) is 14.8. The fourth-order valence-electron chi connectivity index (χ4n) is 5.01. The molecule has 4 rings (SSSR count). The molecule has 1 aromatic rings. The van der Waals surface area contributed by atoms with Gasteiger partial charge in [-0.25, -0.2) is 0 Å². The molecule has 24 heavy (non-hydrogen) atoms. The number of nitrogens with zero attached hydrogens (tertiary/aromatic N) is 2. The molecule has 1 aliphatic carbocycles. The van der Waals surface area contributed by atoms with Crippen LogP contribution in [0.15, 0.2) is 24.3 Å². The van der Waals surface area contributed by atoms with Gasteiger partial charge in [0.2, 0.25) is 0 Å². The second-order valence-electron chi connectivity index (χ2n) is 7.92. The predicted molar refractivity (Wildman–Crippen MR) is 97.0 cm³/mol. The van der Waals surface area contributed by atoms with E-state index in [4.69, 9.17) is 0 Å². The number of likely N-dealkylation sites (tertiary alicyclic amines) is 2. The van der Waals surface area contributed by atoms with Crippen LogP contribution in [0, 0.1) is 5.92 Å². The molecule has 2 atom stereocenters. The molecule has 3 aliphatic rings. The highest BCUT2D eigenvalue weighted by Gasteiger charge is 2.32. The first-order chi connectivity index (χ1) is 11.8. The van der Waals surface area contributed by atoms with Crippen LogP contribution in [-0.2, 0) is 6.54 Å². The lowest BCUT2D eigenvalue weighted by molar-refractivity contribution is 0.0547. The number of carbonyl (C=O) groups is 1. The number of fused-ring (bicyclic) bond motifs is 1. The Morgan fingerprint density at radius 3 is 2.38 bits per heavy atom. The SMILES string of the molecule is O=C(c1ccc(CN2CCCC3CCCCC32)cc1)N1CCCC1. The summed E-state index contributed by atoms with van der Waals surface area (Å²) in [6.45, 7) is 4.16. The molecule has 3 nitrogen and oxygen atoms in total. The molecule has 1 saturated carbocycles. The Balaban J connectivity index is 1.40. The number of piperidine rings is 1. The summed E-state index contributed by atoms with van der Waals surface area (Å²) in [4.78, 5) is 17.2. The molecule has 130 valence electrons. The first-order valence-electron chi connectivity index (χ1n) is 9.93. The Labute approximate surface area is 146 Å². The standard InChI is InChI=1S/C21H30N2O/c24-21(22-13-3-4-14-22)19-11-9-17(10-12-19)16-23-15-5-7-18-6-1-2-8-20(18)23/h9-12,18,20H,1-8,13-16H2. The highest BCUT2D eigenvalue weighted by atomic mass is 16.2. The number of benzene rings is 1. The third kappa shape index (κ3) is 3.37. The van der Waals surface area contributed by atoms with Gasteiger partial charge in [-0.15, -0.1) is 0 Å². The van der Waals surface area contributed by atoms with Crippen LogP contribution in [-0.4, -0.2) is 41.4 Å². The van der Waals surface area contributed by atoms with Crippen molar-refractivity contribution in [1.82, 2.24) is 9.80 Å². The molecule has 0 bridgehead atoms. The maximum Gasteiger partial charge on any atom is 0.253 e. The van der Waals surface area contributed by atoms with Crippen molar-refractivity contribution < 1.29 is 4.79 Å². The van der Waals surface area contributed by atoms with Gasteiger partial charge < -0.3 is 4.90 Å². The molecule has 2 unspecified atom stereocenters. The van der Waals surface area contributed by atoms with Crippen molar-refractivity contribution in [2.24, 2.45) is 5.92 Å². The first kappa shape index (κ1) is 16.1. The predicted octanol–water partition coefficient (Wildman–Crippen LogP) is 4.08. The van der Waals surface area contributed by atoms with E-state index in [1.54, 1.807) is 0 Å². The molecule has 2 heterocycles. The fraction of sp³-hybridized carbons (Fsp3) is 0.667. The van der Waals surface area contributed by atoms with Gasteiger partial charge in [-0.3, -0.25) is 9.69 Å². The minimum Gasteiger partial charge on any atom is -0.339 e. The van der Waals surface area contributed by atoms with E-state index in [0.717, 1.165) is 50.0 Å². The van der Waals surface area contributed by atoms with Crippen molar-refractivity contribution in [2.45, 2.75) is 64.0 Å². The molecule has 0 radical (unpaired) electrons. The van der Waals surface area contributed by atoms with Crippen LogP contribution in [0.3, 0.4) is 0 Å². The third-order valence-corrected chi connectivity index (χ3v) is 6.34. The van der Waals surface area contributed by atoms with Gasteiger partial charge in [0, 0.05) is 31.2 Å². The van der Waals surface area contributed by atoms with Crippen LogP contribution >= 0.6 is 0 Å². The van der Waals surface area contributed by atoms with Crippen LogP contribution in [0.1, 0.15) is 67.3 Å². The van der Waals surface area contributed by atoms with Crippen LogP contribution < -0.4 is 0 Å². The maximum absolute atomic E-state index is 12.5. The molecule has 2 saturated heterocycles. The van der Waals surface area contributed by atoms with Crippen LogP contribution in [0.5, 0.6) is 0 Å². The number of amides is 1. The molecule has 1 aromatic carbocycles. The maximum atomic E-state index is 12.5. The second kappa shape index (κ2) is 7.26. The molecular weight excluding hydrogens is 296 g/mol. The zero-order chi connectivity index (χ0) is 16.4. The average Bonchev–Trinajstić information content (AvgIpc) is 3.17. The van der Waals surface area contributed by atoms with E-state index in [9.17, 15) is 4.79 Å². The Morgan fingerprint density at radius 2 is 1.58 bits per heavy atom. The van der Waals surface area contributed by atoms with Crippen molar-refractivity contribution in [3.63, 3.8) is 0 Å². The van der Waals surface area contributed by atoms with E-state index >= 15 is 0 Å². The van der Waals surface area contributed by atoms with Crippen molar-refractivity contribution in [1.29, 1.82) is 0 Å². The monoisotopic (exact) mass is 326 g/mol. The summed E-state index contributed by atoms with van der Waals surface area (Å²) in [5.41, 5.74) is 2.22. The van der Waals surface area contributed by atoms with Gasteiger partial charge in [0.25, 0.3) is 5.91 Å². The third-order valence-electron chi connectivity index (χ3n) is 6.34. The van der Waals surface area contributed by atoms with Crippen molar-refractivity contribution >= 4 is 5.91 Å². The van der Waals surface area contributed by atoms with Crippen molar-refractivity contribution in [2.75, 3.05) is 19.6 Å². The Bertz CT molecular complexity index is 560. The molecule has 0 spiro atoms. The number of hydrogen-bond acceptors (Lipinski definition) is 2.